The van der Waals surface area contributed by atoms with Crippen LogP contribution in [0.2, 0.25) is 0 Å². The van der Waals surface area contributed by atoms with Crippen LogP contribution in [0.25, 0.3) is 0 Å². The number of hydrogen-bond donors (Lipinski definition) is 0. The summed E-state index contributed by atoms with van der Waals surface area (Å²) in [6.07, 6.45) is 3.07. The SMILES string of the molecule is CCC(C)CN(CC)c1ccc(Br)cn1. The minimum Gasteiger partial charge on any atom is -0.357 e. The van der Waals surface area contributed by atoms with E-state index in [4.69, 9.17) is 0 Å². The second kappa shape index (κ2) is 6.11. The first kappa shape index (κ1) is 12.5. The number of nitrogens with zero attached hydrogens (tertiary/aromatic N) is 2. The largest absolute Gasteiger partial charge is 0.357 e. The zero-order chi connectivity index (χ0) is 11.3. The lowest BCUT2D eigenvalue weighted by Gasteiger charge is -2.24. The van der Waals surface area contributed by atoms with Gasteiger partial charge >= 0.3 is 0 Å². The monoisotopic (exact) mass is 270 g/mol. The van der Waals surface area contributed by atoms with E-state index >= 15 is 0 Å². The molecule has 0 bridgehead atoms. The summed E-state index contributed by atoms with van der Waals surface area (Å²) in [6.45, 7) is 8.78. The Morgan fingerprint density at radius 1 is 1.40 bits per heavy atom. The Hall–Kier alpha value is -0.570. The molecule has 3 heteroatoms. The van der Waals surface area contributed by atoms with Crippen LogP contribution in [0.15, 0.2) is 22.8 Å². The number of anilines is 1. The average Bonchev–Trinajstić information content (AvgIpc) is 2.27. The van der Waals surface area contributed by atoms with E-state index in [-0.39, 0.29) is 0 Å². The van der Waals surface area contributed by atoms with E-state index in [9.17, 15) is 0 Å². The molecule has 0 aliphatic carbocycles. The summed E-state index contributed by atoms with van der Waals surface area (Å²) in [5.41, 5.74) is 0. The average molecular weight is 271 g/mol. The Kier molecular flexibility index (Phi) is 5.09. The number of halogens is 1. The van der Waals surface area contributed by atoms with E-state index in [1.54, 1.807) is 0 Å². The summed E-state index contributed by atoms with van der Waals surface area (Å²) in [6, 6.07) is 4.11. The second-order valence-electron chi connectivity index (χ2n) is 3.89. The predicted octanol–water partition coefficient (Wildman–Crippen LogP) is 3.72. The molecule has 0 fully saturated rings. The van der Waals surface area contributed by atoms with Crippen molar-refractivity contribution in [1.82, 2.24) is 4.98 Å². The van der Waals surface area contributed by atoms with Crippen LogP contribution in [0.5, 0.6) is 0 Å². The van der Waals surface area contributed by atoms with Gasteiger partial charge in [-0.1, -0.05) is 20.3 Å². The van der Waals surface area contributed by atoms with Gasteiger partial charge < -0.3 is 4.90 Å². The van der Waals surface area contributed by atoms with Gasteiger partial charge in [0.25, 0.3) is 0 Å². The molecule has 0 spiro atoms. The smallest absolute Gasteiger partial charge is 0.128 e. The summed E-state index contributed by atoms with van der Waals surface area (Å²) in [5.74, 6) is 1.79. The molecule has 15 heavy (non-hydrogen) atoms. The molecular formula is C12H19BrN2. The standard InChI is InChI=1S/C12H19BrN2/c1-4-10(3)9-15(5-2)12-7-6-11(13)8-14-12/h6-8,10H,4-5,9H2,1-3H3. The Morgan fingerprint density at radius 2 is 2.13 bits per heavy atom. The van der Waals surface area contributed by atoms with Gasteiger partial charge in [-0.15, -0.1) is 0 Å². The molecule has 2 nitrogen and oxygen atoms in total. The molecule has 0 saturated carbocycles. The zero-order valence-corrected chi connectivity index (χ0v) is 11.3. The molecule has 0 radical (unpaired) electrons. The van der Waals surface area contributed by atoms with E-state index in [2.05, 4.69) is 52.7 Å². The van der Waals surface area contributed by atoms with Crippen LogP contribution in [-0.4, -0.2) is 18.1 Å². The van der Waals surface area contributed by atoms with Crippen molar-refractivity contribution in [2.75, 3.05) is 18.0 Å². The van der Waals surface area contributed by atoms with Crippen LogP contribution in [0.4, 0.5) is 5.82 Å². The fraction of sp³-hybridized carbons (Fsp3) is 0.583. The number of hydrogen-bond acceptors (Lipinski definition) is 2. The van der Waals surface area contributed by atoms with E-state index in [1.807, 2.05) is 12.3 Å². The van der Waals surface area contributed by atoms with Gasteiger partial charge in [0.05, 0.1) is 0 Å². The number of pyridine rings is 1. The number of rotatable bonds is 5. The third kappa shape index (κ3) is 3.82. The van der Waals surface area contributed by atoms with E-state index in [0.717, 1.165) is 29.3 Å². The predicted molar refractivity (Wildman–Crippen MR) is 69.3 cm³/mol. The lowest BCUT2D eigenvalue weighted by atomic mass is 10.1. The molecule has 0 N–H and O–H groups in total. The van der Waals surface area contributed by atoms with Crippen molar-refractivity contribution >= 4 is 21.7 Å². The van der Waals surface area contributed by atoms with Gasteiger partial charge in [0, 0.05) is 23.8 Å². The minimum absolute atomic E-state index is 0.718. The molecule has 1 rings (SSSR count). The topological polar surface area (TPSA) is 16.1 Å². The maximum Gasteiger partial charge on any atom is 0.128 e. The Bertz CT molecular complexity index is 284. The van der Waals surface area contributed by atoms with Crippen molar-refractivity contribution < 1.29 is 0 Å². The van der Waals surface area contributed by atoms with Crippen LogP contribution in [0, 0.1) is 5.92 Å². The quantitative estimate of drug-likeness (QED) is 0.811. The van der Waals surface area contributed by atoms with Gasteiger partial charge in [-0.25, -0.2) is 4.98 Å². The van der Waals surface area contributed by atoms with Gasteiger partial charge in [-0.2, -0.15) is 0 Å². The maximum absolute atomic E-state index is 4.42. The van der Waals surface area contributed by atoms with Gasteiger partial charge in [-0.05, 0) is 40.9 Å². The molecule has 1 unspecified atom stereocenters. The van der Waals surface area contributed by atoms with E-state index in [0.29, 0.717) is 0 Å². The van der Waals surface area contributed by atoms with Crippen molar-refractivity contribution in [1.29, 1.82) is 0 Å². The fourth-order valence-electron chi connectivity index (χ4n) is 1.45. The molecule has 84 valence electrons. The van der Waals surface area contributed by atoms with Gasteiger partial charge in [0.15, 0.2) is 0 Å². The second-order valence-corrected chi connectivity index (χ2v) is 4.80. The Morgan fingerprint density at radius 3 is 2.60 bits per heavy atom. The molecule has 1 aromatic rings. The first-order valence-electron chi connectivity index (χ1n) is 5.53. The lowest BCUT2D eigenvalue weighted by Crippen LogP contribution is -2.28. The number of aromatic nitrogens is 1. The molecule has 1 heterocycles. The fourth-order valence-corrected chi connectivity index (χ4v) is 1.68. The third-order valence-electron chi connectivity index (χ3n) is 2.65. The van der Waals surface area contributed by atoms with Crippen molar-refractivity contribution in [3.63, 3.8) is 0 Å². The first-order valence-corrected chi connectivity index (χ1v) is 6.33. The summed E-state index contributed by atoms with van der Waals surface area (Å²) >= 11 is 3.40. The normalized spacial score (nSPS) is 12.5. The molecule has 0 aliphatic rings. The third-order valence-corrected chi connectivity index (χ3v) is 3.12. The molecule has 0 saturated heterocycles. The Labute approximate surface area is 101 Å². The van der Waals surface area contributed by atoms with Crippen LogP contribution in [0.3, 0.4) is 0 Å². The van der Waals surface area contributed by atoms with Crippen LogP contribution in [-0.2, 0) is 0 Å². The van der Waals surface area contributed by atoms with Crippen molar-refractivity contribution in [2.45, 2.75) is 27.2 Å². The molecular weight excluding hydrogens is 252 g/mol. The van der Waals surface area contributed by atoms with Crippen molar-refractivity contribution in [3.8, 4) is 0 Å². The van der Waals surface area contributed by atoms with Gasteiger partial charge in [0.1, 0.15) is 5.82 Å². The first-order chi connectivity index (χ1) is 7.17. The highest BCUT2D eigenvalue weighted by Gasteiger charge is 2.08. The van der Waals surface area contributed by atoms with Crippen LogP contribution >= 0.6 is 15.9 Å². The highest BCUT2D eigenvalue weighted by Crippen LogP contribution is 2.16. The van der Waals surface area contributed by atoms with E-state index in [1.165, 1.54) is 6.42 Å². The van der Waals surface area contributed by atoms with Gasteiger partial charge in [0.2, 0.25) is 0 Å². The molecule has 1 aromatic heterocycles. The molecule has 1 atom stereocenters. The summed E-state index contributed by atoms with van der Waals surface area (Å²) in [7, 11) is 0. The highest BCUT2D eigenvalue weighted by atomic mass is 79.9. The maximum atomic E-state index is 4.42. The Balaban J connectivity index is 2.69. The van der Waals surface area contributed by atoms with Crippen molar-refractivity contribution in [2.24, 2.45) is 5.92 Å². The molecule has 0 aliphatic heterocycles. The highest BCUT2D eigenvalue weighted by molar-refractivity contribution is 9.10. The van der Waals surface area contributed by atoms with E-state index < -0.39 is 0 Å². The van der Waals surface area contributed by atoms with Gasteiger partial charge in [-0.3, -0.25) is 0 Å². The lowest BCUT2D eigenvalue weighted by molar-refractivity contribution is 0.545. The summed E-state index contributed by atoms with van der Waals surface area (Å²) in [4.78, 5) is 6.74. The minimum atomic E-state index is 0.718. The summed E-state index contributed by atoms with van der Waals surface area (Å²) in [5, 5.41) is 0. The van der Waals surface area contributed by atoms with Crippen molar-refractivity contribution in [3.05, 3.63) is 22.8 Å². The molecule has 0 amide bonds. The van der Waals surface area contributed by atoms with Crippen LogP contribution < -0.4 is 4.90 Å². The summed E-state index contributed by atoms with van der Waals surface area (Å²) < 4.78 is 1.03. The molecule has 0 aromatic carbocycles. The zero-order valence-electron chi connectivity index (χ0n) is 9.70. The van der Waals surface area contributed by atoms with Crippen LogP contribution in [0.1, 0.15) is 27.2 Å².